The Morgan fingerprint density at radius 1 is 1.62 bits per heavy atom. The maximum atomic E-state index is 11.2. The highest BCUT2D eigenvalue weighted by Gasteiger charge is 2.28. The summed E-state index contributed by atoms with van der Waals surface area (Å²) in [7, 11) is 0. The van der Waals surface area contributed by atoms with E-state index in [1.807, 2.05) is 6.92 Å². The summed E-state index contributed by atoms with van der Waals surface area (Å²) in [5.74, 6) is -0.256. The van der Waals surface area contributed by atoms with Gasteiger partial charge in [-0.05, 0) is 6.42 Å². The van der Waals surface area contributed by atoms with Crippen LogP contribution in [0.5, 0.6) is 0 Å². The number of urea groups is 1. The Bertz CT molecular complexity index is 220. The minimum absolute atomic E-state index is 0.0898. The largest absolute Gasteiger partial charge is 0.324 e. The van der Waals surface area contributed by atoms with E-state index in [4.69, 9.17) is 0 Å². The maximum absolute atomic E-state index is 11.2. The fourth-order valence-corrected chi connectivity index (χ4v) is 1.50. The average molecular weight is 249 g/mol. The van der Waals surface area contributed by atoms with Gasteiger partial charge in [-0.3, -0.25) is 10.1 Å². The lowest BCUT2D eigenvalue weighted by molar-refractivity contribution is -0.125. The van der Waals surface area contributed by atoms with Crippen molar-refractivity contribution in [1.29, 1.82) is 0 Å². The Morgan fingerprint density at radius 2 is 2.31 bits per heavy atom. The smallest absolute Gasteiger partial charge is 0.324 e. The minimum atomic E-state index is -0.260. The number of carbonyl (C=O) groups excluding carboxylic acids is 2. The summed E-state index contributed by atoms with van der Waals surface area (Å²) >= 11 is 3.30. The Kier molecular flexibility index (Phi) is 3.71. The highest BCUT2D eigenvalue weighted by Crippen LogP contribution is 2.07. The van der Waals surface area contributed by atoms with E-state index in [0.29, 0.717) is 13.1 Å². The van der Waals surface area contributed by atoms with Crippen molar-refractivity contribution in [3.63, 3.8) is 0 Å². The number of alkyl halides is 1. The number of nitrogens with zero attached hydrogens (tertiary/aromatic N) is 1. The van der Waals surface area contributed by atoms with Crippen molar-refractivity contribution >= 4 is 27.9 Å². The third kappa shape index (κ3) is 2.69. The third-order valence-electron chi connectivity index (χ3n) is 2.02. The Hall–Kier alpha value is -0.580. The molecule has 1 aliphatic rings. The topological polar surface area (TPSA) is 49.4 Å². The van der Waals surface area contributed by atoms with Crippen LogP contribution in [0.2, 0.25) is 0 Å². The van der Waals surface area contributed by atoms with Crippen molar-refractivity contribution in [2.75, 3.05) is 18.4 Å². The van der Waals surface area contributed by atoms with Crippen molar-refractivity contribution in [2.45, 2.75) is 13.3 Å². The van der Waals surface area contributed by atoms with Crippen molar-refractivity contribution in [2.24, 2.45) is 5.92 Å². The van der Waals surface area contributed by atoms with Crippen LogP contribution >= 0.6 is 15.9 Å². The molecule has 1 saturated heterocycles. The molecule has 1 heterocycles. The number of hydrogen-bond donors (Lipinski definition) is 1. The van der Waals surface area contributed by atoms with Gasteiger partial charge in [-0.15, -0.1) is 0 Å². The molecule has 1 rings (SSSR count). The number of nitrogens with one attached hydrogen (secondary N) is 1. The summed E-state index contributed by atoms with van der Waals surface area (Å²) in [5, 5.41) is 3.19. The molecule has 0 bridgehead atoms. The molecule has 74 valence electrons. The second-order valence-electron chi connectivity index (χ2n) is 3.18. The van der Waals surface area contributed by atoms with Gasteiger partial charge in [0.15, 0.2) is 0 Å². The SMILES string of the molecule is CC1CN(CCCBr)C(=O)NC1=O. The van der Waals surface area contributed by atoms with E-state index in [1.54, 1.807) is 4.90 Å². The van der Waals surface area contributed by atoms with Gasteiger partial charge in [-0.25, -0.2) is 4.79 Å². The molecule has 0 aromatic rings. The number of hydrogen-bond acceptors (Lipinski definition) is 2. The lowest BCUT2D eigenvalue weighted by Gasteiger charge is -2.30. The number of amides is 3. The molecule has 1 N–H and O–H groups in total. The maximum Gasteiger partial charge on any atom is 0.324 e. The molecule has 4 nitrogen and oxygen atoms in total. The van der Waals surface area contributed by atoms with Crippen LogP contribution in [-0.4, -0.2) is 35.3 Å². The molecule has 0 aliphatic carbocycles. The van der Waals surface area contributed by atoms with E-state index >= 15 is 0 Å². The minimum Gasteiger partial charge on any atom is -0.324 e. The van der Waals surface area contributed by atoms with Crippen LogP contribution < -0.4 is 5.32 Å². The van der Waals surface area contributed by atoms with Gasteiger partial charge in [0.2, 0.25) is 5.91 Å². The second-order valence-corrected chi connectivity index (χ2v) is 3.98. The first-order chi connectivity index (χ1) is 6.15. The molecule has 5 heteroatoms. The van der Waals surface area contributed by atoms with Crippen LogP contribution in [-0.2, 0) is 4.79 Å². The fourth-order valence-electron chi connectivity index (χ4n) is 1.25. The van der Waals surface area contributed by atoms with Crippen molar-refractivity contribution in [1.82, 2.24) is 10.2 Å². The van der Waals surface area contributed by atoms with Gasteiger partial charge in [0.25, 0.3) is 0 Å². The number of rotatable bonds is 3. The summed E-state index contributed by atoms with van der Waals surface area (Å²) in [5.41, 5.74) is 0. The fraction of sp³-hybridized carbons (Fsp3) is 0.750. The highest BCUT2D eigenvalue weighted by molar-refractivity contribution is 9.09. The van der Waals surface area contributed by atoms with Gasteiger partial charge in [-0.1, -0.05) is 22.9 Å². The summed E-state index contributed by atoms with van der Waals surface area (Å²) in [6.45, 7) is 3.06. The molecule has 3 amide bonds. The molecule has 0 saturated carbocycles. The van der Waals surface area contributed by atoms with Gasteiger partial charge >= 0.3 is 6.03 Å². The standard InChI is InChI=1S/C8H13BrN2O2/c1-6-5-11(4-2-3-9)8(13)10-7(6)12/h6H,2-5H2,1H3,(H,10,12,13). The zero-order valence-corrected chi connectivity index (χ0v) is 9.13. The summed E-state index contributed by atoms with van der Waals surface area (Å²) < 4.78 is 0. The molecule has 0 aromatic heterocycles. The molecule has 0 radical (unpaired) electrons. The van der Waals surface area contributed by atoms with Crippen LogP contribution in [0.15, 0.2) is 0 Å². The monoisotopic (exact) mass is 248 g/mol. The predicted octanol–water partition coefficient (Wildman–Crippen LogP) is 0.959. The molecular formula is C8H13BrN2O2. The zero-order chi connectivity index (χ0) is 9.84. The van der Waals surface area contributed by atoms with Crippen molar-refractivity contribution in [3.05, 3.63) is 0 Å². The first-order valence-corrected chi connectivity index (χ1v) is 5.43. The molecular weight excluding hydrogens is 236 g/mol. The lowest BCUT2D eigenvalue weighted by Crippen LogP contribution is -2.53. The second kappa shape index (κ2) is 4.60. The third-order valence-corrected chi connectivity index (χ3v) is 2.58. The molecule has 1 aliphatic heterocycles. The highest BCUT2D eigenvalue weighted by atomic mass is 79.9. The first kappa shape index (κ1) is 10.5. The van der Waals surface area contributed by atoms with Gasteiger partial charge in [-0.2, -0.15) is 0 Å². The Morgan fingerprint density at radius 3 is 2.92 bits per heavy atom. The lowest BCUT2D eigenvalue weighted by atomic mass is 10.1. The van der Waals surface area contributed by atoms with Crippen LogP contribution in [0.4, 0.5) is 4.79 Å². The van der Waals surface area contributed by atoms with E-state index in [1.165, 1.54) is 0 Å². The number of halogens is 1. The van der Waals surface area contributed by atoms with E-state index < -0.39 is 0 Å². The molecule has 1 fully saturated rings. The van der Waals surface area contributed by atoms with E-state index in [-0.39, 0.29) is 17.9 Å². The van der Waals surface area contributed by atoms with Gasteiger partial charge in [0.1, 0.15) is 0 Å². The molecule has 1 unspecified atom stereocenters. The van der Waals surface area contributed by atoms with E-state index in [9.17, 15) is 9.59 Å². The van der Waals surface area contributed by atoms with Gasteiger partial charge in [0.05, 0.1) is 5.92 Å². The quantitative estimate of drug-likeness (QED) is 0.757. The average Bonchev–Trinajstić information content (AvgIpc) is 2.09. The summed E-state index contributed by atoms with van der Waals surface area (Å²) in [6, 6.07) is -0.260. The molecule has 13 heavy (non-hydrogen) atoms. The molecule has 0 aromatic carbocycles. The van der Waals surface area contributed by atoms with Gasteiger partial charge < -0.3 is 4.90 Å². The first-order valence-electron chi connectivity index (χ1n) is 4.31. The van der Waals surface area contributed by atoms with Crippen LogP contribution in [0.3, 0.4) is 0 Å². The number of imide groups is 1. The van der Waals surface area contributed by atoms with Crippen LogP contribution in [0.1, 0.15) is 13.3 Å². The summed E-state index contributed by atoms with van der Waals surface area (Å²) in [4.78, 5) is 24.0. The zero-order valence-electron chi connectivity index (χ0n) is 7.55. The normalized spacial score (nSPS) is 23.2. The van der Waals surface area contributed by atoms with Crippen LogP contribution in [0, 0.1) is 5.92 Å². The van der Waals surface area contributed by atoms with E-state index in [0.717, 1.165) is 11.8 Å². The number of carbonyl (C=O) groups is 2. The van der Waals surface area contributed by atoms with E-state index in [2.05, 4.69) is 21.2 Å². The molecule has 1 atom stereocenters. The Balaban J connectivity index is 2.46. The summed E-state index contributed by atoms with van der Waals surface area (Å²) in [6.07, 6.45) is 0.911. The van der Waals surface area contributed by atoms with Crippen LogP contribution in [0.25, 0.3) is 0 Å². The predicted molar refractivity (Wildman–Crippen MR) is 52.7 cm³/mol. The Labute approximate surface area is 85.8 Å². The van der Waals surface area contributed by atoms with Gasteiger partial charge in [0, 0.05) is 18.4 Å². The van der Waals surface area contributed by atoms with Crippen molar-refractivity contribution < 1.29 is 9.59 Å². The molecule has 0 spiro atoms. The van der Waals surface area contributed by atoms with Crippen molar-refractivity contribution in [3.8, 4) is 0 Å².